The van der Waals surface area contributed by atoms with Crippen molar-refractivity contribution < 1.29 is 19.1 Å². The normalized spacial score (nSPS) is 15.6. The highest BCUT2D eigenvalue weighted by atomic mass is 19.1. The first-order chi connectivity index (χ1) is 17.9. The number of carboxylic acids is 1. The van der Waals surface area contributed by atoms with Crippen LogP contribution in [0.3, 0.4) is 0 Å². The minimum absolute atomic E-state index is 0.0717. The fourth-order valence-electron chi connectivity index (χ4n) is 4.94. The van der Waals surface area contributed by atoms with Crippen molar-refractivity contribution in [2.45, 2.75) is 39.2 Å². The Morgan fingerprint density at radius 3 is 2.73 bits per heavy atom. The number of halogens is 1. The Hall–Kier alpha value is -4.33. The summed E-state index contributed by atoms with van der Waals surface area (Å²) in [5.74, 6) is -1.76. The summed E-state index contributed by atoms with van der Waals surface area (Å²) in [5.41, 5.74) is 5.13. The minimum Gasteiger partial charge on any atom is -0.478 e. The molecule has 0 bridgehead atoms. The van der Waals surface area contributed by atoms with Gasteiger partial charge < -0.3 is 10.0 Å². The van der Waals surface area contributed by atoms with E-state index in [0.717, 1.165) is 30.2 Å². The van der Waals surface area contributed by atoms with Crippen LogP contribution in [-0.2, 0) is 17.6 Å². The van der Waals surface area contributed by atoms with Crippen molar-refractivity contribution in [3.63, 3.8) is 0 Å². The summed E-state index contributed by atoms with van der Waals surface area (Å²) in [6.45, 7) is 4.66. The molecule has 0 saturated carbocycles. The summed E-state index contributed by atoms with van der Waals surface area (Å²) in [5, 5.41) is 13.4. The number of fused-ring (bicyclic) bond motifs is 2. The predicted octanol–water partition coefficient (Wildman–Crippen LogP) is 5.35. The molecule has 3 heterocycles. The fourth-order valence-corrected chi connectivity index (χ4v) is 4.94. The molecule has 188 valence electrons. The van der Waals surface area contributed by atoms with Crippen molar-refractivity contribution in [1.82, 2.24) is 19.5 Å². The van der Waals surface area contributed by atoms with Crippen LogP contribution >= 0.6 is 0 Å². The molecule has 7 nitrogen and oxygen atoms in total. The first-order valence-corrected chi connectivity index (χ1v) is 12.3. The molecular formula is C29H27FN4O3. The number of hydrogen-bond acceptors (Lipinski definition) is 4. The maximum absolute atomic E-state index is 14.9. The van der Waals surface area contributed by atoms with Crippen LogP contribution in [0.15, 0.2) is 60.7 Å². The predicted molar refractivity (Wildman–Crippen MR) is 139 cm³/mol. The third-order valence-electron chi connectivity index (χ3n) is 6.85. The van der Waals surface area contributed by atoms with E-state index < -0.39 is 11.8 Å². The van der Waals surface area contributed by atoms with Gasteiger partial charge in [-0.15, -0.1) is 0 Å². The molecule has 1 unspecified atom stereocenters. The van der Waals surface area contributed by atoms with Crippen LogP contribution in [0.25, 0.3) is 23.0 Å². The number of aliphatic carboxylic acids is 1. The average molecular weight is 499 g/mol. The van der Waals surface area contributed by atoms with Gasteiger partial charge in [0.1, 0.15) is 11.5 Å². The van der Waals surface area contributed by atoms with Crippen LogP contribution in [0.4, 0.5) is 4.39 Å². The summed E-state index contributed by atoms with van der Waals surface area (Å²) >= 11 is 0. The number of carbonyl (C=O) groups is 2. The number of hydrogen-bond donors (Lipinski definition) is 1. The summed E-state index contributed by atoms with van der Waals surface area (Å²) < 4.78 is 16.6. The zero-order chi connectivity index (χ0) is 26.1. The number of amides is 1. The van der Waals surface area contributed by atoms with E-state index in [1.807, 2.05) is 24.0 Å². The SMILES string of the molecule is CCc1cc(C(=O)N2CCCc3ccccc3C2C)nc2cc(-c3ccc(/C=C/C(=O)O)cc3F)nn12. The Labute approximate surface area is 213 Å². The summed E-state index contributed by atoms with van der Waals surface area (Å²) in [6.07, 6.45) is 4.71. The number of nitrogens with zero attached hydrogens (tertiary/aromatic N) is 4. The van der Waals surface area contributed by atoms with Crippen molar-refractivity contribution in [2.75, 3.05) is 6.54 Å². The number of carboxylic acid groups (broad SMARTS) is 1. The van der Waals surface area contributed by atoms with Gasteiger partial charge in [0.15, 0.2) is 5.65 Å². The number of benzene rings is 2. The van der Waals surface area contributed by atoms with Gasteiger partial charge in [0.05, 0.1) is 11.7 Å². The quantitative estimate of drug-likeness (QED) is 0.375. The lowest BCUT2D eigenvalue weighted by Crippen LogP contribution is -2.34. The highest BCUT2D eigenvalue weighted by Crippen LogP contribution is 2.30. The fraction of sp³-hybridized carbons (Fsp3) is 0.241. The van der Waals surface area contributed by atoms with Gasteiger partial charge in [-0.25, -0.2) is 18.7 Å². The largest absolute Gasteiger partial charge is 0.478 e. The van der Waals surface area contributed by atoms with E-state index >= 15 is 0 Å². The molecule has 0 radical (unpaired) electrons. The van der Waals surface area contributed by atoms with E-state index in [0.29, 0.717) is 35.6 Å². The minimum atomic E-state index is -1.10. The molecule has 1 N–H and O–H groups in total. The number of carbonyl (C=O) groups excluding carboxylic acids is 1. The highest BCUT2D eigenvalue weighted by molar-refractivity contribution is 5.93. The van der Waals surface area contributed by atoms with Crippen LogP contribution in [0, 0.1) is 5.82 Å². The molecule has 0 saturated heterocycles. The molecule has 37 heavy (non-hydrogen) atoms. The molecule has 0 spiro atoms. The van der Waals surface area contributed by atoms with E-state index in [2.05, 4.69) is 29.1 Å². The Kier molecular flexibility index (Phi) is 6.56. The van der Waals surface area contributed by atoms with Gasteiger partial charge in [-0.1, -0.05) is 37.3 Å². The zero-order valence-corrected chi connectivity index (χ0v) is 20.7. The monoisotopic (exact) mass is 498 g/mol. The van der Waals surface area contributed by atoms with E-state index in [9.17, 15) is 14.0 Å². The molecule has 0 fully saturated rings. The Bertz CT molecular complexity index is 1540. The van der Waals surface area contributed by atoms with Crippen LogP contribution in [0.5, 0.6) is 0 Å². The van der Waals surface area contributed by atoms with Crippen molar-refractivity contribution in [3.05, 3.63) is 94.6 Å². The van der Waals surface area contributed by atoms with Crippen molar-refractivity contribution in [2.24, 2.45) is 0 Å². The van der Waals surface area contributed by atoms with Crippen LogP contribution in [-0.4, -0.2) is 43.0 Å². The average Bonchev–Trinajstić information content (AvgIpc) is 3.25. The van der Waals surface area contributed by atoms with Crippen molar-refractivity contribution in [1.29, 1.82) is 0 Å². The Morgan fingerprint density at radius 2 is 1.97 bits per heavy atom. The molecule has 5 rings (SSSR count). The number of aromatic nitrogens is 3. The summed E-state index contributed by atoms with van der Waals surface area (Å²) in [7, 11) is 0. The Balaban J connectivity index is 1.50. The molecule has 8 heteroatoms. The van der Waals surface area contributed by atoms with Gasteiger partial charge in [-0.3, -0.25) is 4.79 Å². The topological polar surface area (TPSA) is 87.8 Å². The molecule has 4 aromatic rings. The van der Waals surface area contributed by atoms with Gasteiger partial charge in [0.2, 0.25) is 0 Å². The molecular weight excluding hydrogens is 471 g/mol. The van der Waals surface area contributed by atoms with Gasteiger partial charge in [0.25, 0.3) is 5.91 Å². The molecule has 1 aliphatic heterocycles. The van der Waals surface area contributed by atoms with E-state index in [1.54, 1.807) is 28.8 Å². The maximum Gasteiger partial charge on any atom is 0.328 e. The van der Waals surface area contributed by atoms with Gasteiger partial charge in [-0.2, -0.15) is 5.10 Å². The number of rotatable bonds is 5. The van der Waals surface area contributed by atoms with Gasteiger partial charge in [0, 0.05) is 29.9 Å². The highest BCUT2D eigenvalue weighted by Gasteiger charge is 2.28. The first kappa shape index (κ1) is 24.4. The lowest BCUT2D eigenvalue weighted by molar-refractivity contribution is -0.131. The second-order valence-corrected chi connectivity index (χ2v) is 9.17. The van der Waals surface area contributed by atoms with Gasteiger partial charge in [-0.05, 0) is 67.2 Å². The third-order valence-corrected chi connectivity index (χ3v) is 6.85. The van der Waals surface area contributed by atoms with Crippen molar-refractivity contribution in [3.8, 4) is 11.3 Å². The first-order valence-electron chi connectivity index (χ1n) is 12.3. The standard InChI is InChI=1S/C29H27FN4O3/c1-3-21-16-26(29(37)33-14-6-8-20-7-4-5-9-22(20)18(33)2)31-27-17-25(32-34(21)27)23-12-10-19(15-24(23)30)11-13-28(35)36/h4-5,7,9-13,15-18H,3,6,8,14H2,1-2H3,(H,35,36)/b13-11+. The number of aryl methyl sites for hydroxylation is 2. The van der Waals surface area contributed by atoms with E-state index in [1.165, 1.54) is 17.7 Å². The Morgan fingerprint density at radius 1 is 1.16 bits per heavy atom. The molecule has 2 aromatic heterocycles. The van der Waals surface area contributed by atoms with Crippen LogP contribution < -0.4 is 0 Å². The molecule has 1 aliphatic rings. The summed E-state index contributed by atoms with van der Waals surface area (Å²) in [6, 6.07) is 16.1. The van der Waals surface area contributed by atoms with E-state index in [4.69, 9.17) is 5.11 Å². The third kappa shape index (κ3) is 4.74. The maximum atomic E-state index is 14.9. The van der Waals surface area contributed by atoms with Crippen molar-refractivity contribution >= 4 is 23.6 Å². The smallest absolute Gasteiger partial charge is 0.328 e. The van der Waals surface area contributed by atoms with Crippen LogP contribution in [0.2, 0.25) is 0 Å². The lowest BCUT2D eigenvalue weighted by Gasteiger charge is -2.28. The molecule has 1 amide bonds. The molecule has 1 atom stereocenters. The summed E-state index contributed by atoms with van der Waals surface area (Å²) in [4.78, 5) is 30.9. The lowest BCUT2D eigenvalue weighted by atomic mass is 9.99. The van der Waals surface area contributed by atoms with Crippen LogP contribution in [0.1, 0.15) is 59.2 Å². The van der Waals surface area contributed by atoms with Gasteiger partial charge >= 0.3 is 5.97 Å². The van der Waals surface area contributed by atoms with E-state index in [-0.39, 0.29) is 17.5 Å². The zero-order valence-electron chi connectivity index (χ0n) is 20.7. The molecule has 0 aliphatic carbocycles. The second-order valence-electron chi connectivity index (χ2n) is 9.17. The second kappa shape index (κ2) is 9.97. The molecule has 2 aromatic carbocycles.